The maximum atomic E-state index is 12.4. The Kier molecular flexibility index (Phi) is 3.93. The van der Waals surface area contributed by atoms with Crippen molar-refractivity contribution in [3.8, 4) is 0 Å². The predicted octanol–water partition coefficient (Wildman–Crippen LogP) is 2.22. The molecule has 0 radical (unpaired) electrons. The van der Waals surface area contributed by atoms with Gasteiger partial charge in [-0.3, -0.25) is 9.78 Å². The van der Waals surface area contributed by atoms with Crippen molar-refractivity contribution in [2.24, 2.45) is 23.5 Å². The molecule has 3 rings (SSSR count). The monoisotopic (exact) mass is 303 g/mol. The summed E-state index contributed by atoms with van der Waals surface area (Å²) in [6.45, 7) is 0.846. The summed E-state index contributed by atoms with van der Waals surface area (Å²) in [5.74, 6) is 2.39. The summed E-state index contributed by atoms with van der Waals surface area (Å²) in [6.07, 6.45) is 6.96. The number of amides is 1. The number of carbonyl (C=O) groups is 1. The van der Waals surface area contributed by atoms with Crippen molar-refractivity contribution in [3.63, 3.8) is 0 Å². The average molecular weight is 303 g/mol. The van der Waals surface area contributed by atoms with E-state index in [1.165, 1.54) is 25.7 Å². The first-order chi connectivity index (χ1) is 10.0. The van der Waals surface area contributed by atoms with Crippen LogP contribution in [0.3, 0.4) is 0 Å². The predicted molar refractivity (Wildman–Crippen MR) is 86.0 cm³/mol. The second-order valence-electron chi connectivity index (χ2n) is 6.42. The molecule has 2 bridgehead atoms. The molecule has 2 fully saturated rings. The Morgan fingerprint density at radius 3 is 2.76 bits per heavy atom. The van der Waals surface area contributed by atoms with Crippen molar-refractivity contribution in [2.45, 2.75) is 25.7 Å². The topological polar surface area (TPSA) is 59.2 Å². The molecule has 0 saturated heterocycles. The van der Waals surface area contributed by atoms with E-state index in [1.807, 2.05) is 11.9 Å². The van der Waals surface area contributed by atoms with Crippen molar-refractivity contribution in [1.82, 2.24) is 9.88 Å². The number of thiocarbonyl (C=S) groups is 1. The second-order valence-corrected chi connectivity index (χ2v) is 6.86. The van der Waals surface area contributed by atoms with Gasteiger partial charge < -0.3 is 10.6 Å². The number of nitrogens with zero attached hydrogens (tertiary/aromatic N) is 2. The van der Waals surface area contributed by atoms with Gasteiger partial charge in [-0.25, -0.2) is 0 Å². The van der Waals surface area contributed by atoms with Gasteiger partial charge in [0.1, 0.15) is 10.7 Å². The van der Waals surface area contributed by atoms with E-state index >= 15 is 0 Å². The Morgan fingerprint density at radius 2 is 2.24 bits per heavy atom. The molecule has 1 heterocycles. The van der Waals surface area contributed by atoms with E-state index in [1.54, 1.807) is 18.3 Å². The number of carbonyl (C=O) groups excluding carboxylic acids is 1. The number of pyridine rings is 1. The molecule has 2 N–H and O–H groups in total. The molecule has 2 aliphatic rings. The quantitative estimate of drug-likeness (QED) is 0.867. The molecule has 2 saturated carbocycles. The Hall–Kier alpha value is -1.49. The summed E-state index contributed by atoms with van der Waals surface area (Å²) in [4.78, 5) is 18.7. The van der Waals surface area contributed by atoms with Gasteiger partial charge in [0.25, 0.3) is 5.91 Å². The molecular weight excluding hydrogens is 282 g/mol. The minimum atomic E-state index is -0.0211. The minimum absolute atomic E-state index is 0.0211. The molecule has 0 spiro atoms. The van der Waals surface area contributed by atoms with E-state index in [2.05, 4.69) is 4.98 Å². The first kappa shape index (κ1) is 14.4. The largest absolute Gasteiger partial charge is 0.389 e. The van der Waals surface area contributed by atoms with E-state index in [9.17, 15) is 4.79 Å². The van der Waals surface area contributed by atoms with E-state index < -0.39 is 0 Å². The molecule has 4 nitrogen and oxygen atoms in total. The van der Waals surface area contributed by atoms with Crippen LogP contribution in [-0.4, -0.2) is 34.4 Å². The third-order valence-electron chi connectivity index (χ3n) is 5.01. The van der Waals surface area contributed by atoms with Crippen LogP contribution in [0, 0.1) is 17.8 Å². The van der Waals surface area contributed by atoms with Crippen LogP contribution in [0.15, 0.2) is 18.3 Å². The number of hydrogen-bond acceptors (Lipinski definition) is 3. The van der Waals surface area contributed by atoms with Crippen molar-refractivity contribution in [3.05, 3.63) is 29.6 Å². The molecule has 1 aromatic heterocycles. The van der Waals surface area contributed by atoms with E-state index in [4.69, 9.17) is 18.0 Å². The van der Waals surface area contributed by atoms with Gasteiger partial charge >= 0.3 is 0 Å². The molecule has 3 unspecified atom stereocenters. The maximum absolute atomic E-state index is 12.4. The Morgan fingerprint density at radius 1 is 1.43 bits per heavy atom. The minimum Gasteiger partial charge on any atom is -0.389 e. The van der Waals surface area contributed by atoms with E-state index in [0.29, 0.717) is 22.2 Å². The molecule has 0 aromatic carbocycles. The fraction of sp³-hybridized carbons (Fsp3) is 0.562. The van der Waals surface area contributed by atoms with Gasteiger partial charge in [0, 0.05) is 25.4 Å². The number of aromatic nitrogens is 1. The molecule has 1 amide bonds. The zero-order chi connectivity index (χ0) is 15.0. The Labute approximate surface area is 130 Å². The van der Waals surface area contributed by atoms with Gasteiger partial charge in [-0.2, -0.15) is 0 Å². The lowest BCUT2D eigenvalue weighted by molar-refractivity contribution is 0.0748. The highest BCUT2D eigenvalue weighted by Gasteiger charge is 2.40. The third-order valence-corrected chi connectivity index (χ3v) is 5.24. The van der Waals surface area contributed by atoms with Gasteiger partial charge in [-0.05, 0) is 49.1 Å². The molecule has 0 aliphatic heterocycles. The van der Waals surface area contributed by atoms with Crippen molar-refractivity contribution in [1.29, 1.82) is 0 Å². The van der Waals surface area contributed by atoms with Crippen LogP contribution in [0.5, 0.6) is 0 Å². The fourth-order valence-electron chi connectivity index (χ4n) is 3.90. The SMILES string of the molecule is CN(CC1CC2CCC1C2)C(=O)c1ccc(C(N)=S)cn1. The normalized spacial score (nSPS) is 26.8. The van der Waals surface area contributed by atoms with Gasteiger partial charge in [-0.15, -0.1) is 0 Å². The molecule has 112 valence electrons. The van der Waals surface area contributed by atoms with E-state index in [-0.39, 0.29) is 5.91 Å². The summed E-state index contributed by atoms with van der Waals surface area (Å²) in [7, 11) is 1.87. The van der Waals surface area contributed by atoms with Gasteiger partial charge in [-0.1, -0.05) is 18.6 Å². The smallest absolute Gasteiger partial charge is 0.272 e. The summed E-state index contributed by atoms with van der Waals surface area (Å²) in [5, 5.41) is 0. The maximum Gasteiger partial charge on any atom is 0.272 e. The molecule has 1 aromatic rings. The summed E-state index contributed by atoms with van der Waals surface area (Å²) in [6, 6.07) is 3.46. The van der Waals surface area contributed by atoms with Crippen molar-refractivity contribution >= 4 is 23.1 Å². The second kappa shape index (κ2) is 5.72. The van der Waals surface area contributed by atoms with Crippen LogP contribution in [0.25, 0.3) is 0 Å². The highest BCUT2D eigenvalue weighted by molar-refractivity contribution is 7.80. The standard InChI is InChI=1S/C16H21N3OS/c1-19(9-13-7-10-2-3-11(13)6-10)16(20)14-5-4-12(8-18-14)15(17)21/h4-5,8,10-11,13H,2-3,6-7,9H2,1H3,(H2,17,21). The third kappa shape index (κ3) is 2.93. The molecule has 2 aliphatic carbocycles. The Balaban J connectivity index is 1.62. The van der Waals surface area contributed by atoms with Gasteiger partial charge in [0.15, 0.2) is 0 Å². The number of hydrogen-bond donors (Lipinski definition) is 1. The van der Waals surface area contributed by atoms with E-state index in [0.717, 1.165) is 18.4 Å². The highest BCUT2D eigenvalue weighted by Crippen LogP contribution is 2.48. The number of rotatable bonds is 4. The number of fused-ring (bicyclic) bond motifs is 2. The average Bonchev–Trinajstić information content (AvgIpc) is 3.09. The van der Waals surface area contributed by atoms with Crippen molar-refractivity contribution in [2.75, 3.05) is 13.6 Å². The Bertz CT molecular complexity index is 557. The lowest BCUT2D eigenvalue weighted by atomic mass is 9.88. The summed E-state index contributed by atoms with van der Waals surface area (Å²) in [5.41, 5.74) is 6.69. The molecule has 3 atom stereocenters. The first-order valence-corrected chi connectivity index (χ1v) is 7.96. The number of nitrogens with two attached hydrogens (primary N) is 1. The van der Waals surface area contributed by atoms with Crippen LogP contribution >= 0.6 is 12.2 Å². The van der Waals surface area contributed by atoms with Crippen molar-refractivity contribution < 1.29 is 4.79 Å². The fourth-order valence-corrected chi connectivity index (χ4v) is 4.02. The highest BCUT2D eigenvalue weighted by atomic mass is 32.1. The van der Waals surface area contributed by atoms with Crippen LogP contribution in [-0.2, 0) is 0 Å². The summed E-state index contributed by atoms with van der Waals surface area (Å²) >= 11 is 4.89. The lowest BCUT2D eigenvalue weighted by Crippen LogP contribution is -2.34. The van der Waals surface area contributed by atoms with Crippen LogP contribution in [0.4, 0.5) is 0 Å². The molecule has 5 heteroatoms. The molecular formula is C16H21N3OS. The zero-order valence-corrected chi connectivity index (χ0v) is 13.1. The molecule has 21 heavy (non-hydrogen) atoms. The van der Waals surface area contributed by atoms with Gasteiger partial charge in [0.05, 0.1) is 0 Å². The van der Waals surface area contributed by atoms with Crippen LogP contribution in [0.2, 0.25) is 0 Å². The zero-order valence-electron chi connectivity index (χ0n) is 12.3. The summed E-state index contributed by atoms with van der Waals surface area (Å²) < 4.78 is 0. The van der Waals surface area contributed by atoms with Gasteiger partial charge in [0.2, 0.25) is 0 Å². The van der Waals surface area contributed by atoms with Crippen LogP contribution < -0.4 is 5.73 Å². The lowest BCUT2D eigenvalue weighted by Gasteiger charge is -2.27. The first-order valence-electron chi connectivity index (χ1n) is 7.56. The van der Waals surface area contributed by atoms with Crippen LogP contribution in [0.1, 0.15) is 41.7 Å².